The van der Waals surface area contributed by atoms with Gasteiger partial charge in [0.05, 0.1) is 12.2 Å². The molecule has 1 aliphatic heterocycles. The van der Waals surface area contributed by atoms with Crippen molar-refractivity contribution in [1.82, 2.24) is 10.2 Å². The summed E-state index contributed by atoms with van der Waals surface area (Å²) in [6.07, 6.45) is 4.97. The van der Waals surface area contributed by atoms with E-state index < -0.39 is 0 Å². The van der Waals surface area contributed by atoms with Crippen molar-refractivity contribution < 1.29 is 4.79 Å². The van der Waals surface area contributed by atoms with E-state index in [4.69, 9.17) is 0 Å². The fraction of sp³-hybridized carbons (Fsp3) is 0.900. The Morgan fingerprint density at radius 2 is 2.23 bits per heavy atom. The van der Waals surface area contributed by atoms with Crippen LogP contribution in [0.3, 0.4) is 0 Å². The molecule has 3 heteroatoms. The van der Waals surface area contributed by atoms with Gasteiger partial charge in [-0.05, 0) is 26.2 Å². The third-order valence-electron chi connectivity index (χ3n) is 2.91. The zero-order valence-electron chi connectivity index (χ0n) is 8.42. The Morgan fingerprint density at radius 3 is 2.77 bits per heavy atom. The molecule has 0 radical (unpaired) electrons. The molecule has 1 N–H and O–H groups in total. The van der Waals surface area contributed by atoms with Gasteiger partial charge in [-0.2, -0.15) is 0 Å². The molecule has 1 aliphatic carbocycles. The molecule has 0 aromatic heterocycles. The molecule has 1 heterocycles. The summed E-state index contributed by atoms with van der Waals surface area (Å²) in [5, 5.41) is 3.35. The van der Waals surface area contributed by atoms with Crippen LogP contribution in [0.5, 0.6) is 0 Å². The fourth-order valence-electron chi connectivity index (χ4n) is 2.10. The van der Waals surface area contributed by atoms with Crippen LogP contribution in [0.1, 0.15) is 39.5 Å². The highest BCUT2D eigenvalue weighted by atomic mass is 16.2. The van der Waals surface area contributed by atoms with Gasteiger partial charge in [-0.15, -0.1) is 0 Å². The van der Waals surface area contributed by atoms with E-state index in [0.29, 0.717) is 18.1 Å². The molecule has 2 atom stereocenters. The lowest BCUT2D eigenvalue weighted by molar-refractivity contribution is -0.130. The van der Waals surface area contributed by atoms with Crippen molar-refractivity contribution in [1.29, 1.82) is 0 Å². The van der Waals surface area contributed by atoms with E-state index in [0.717, 1.165) is 12.8 Å². The first kappa shape index (κ1) is 9.00. The summed E-state index contributed by atoms with van der Waals surface area (Å²) < 4.78 is 0. The van der Waals surface area contributed by atoms with E-state index in [9.17, 15) is 4.79 Å². The lowest BCUT2D eigenvalue weighted by atomic mass is 10.2. The van der Waals surface area contributed by atoms with Gasteiger partial charge in [-0.1, -0.05) is 13.3 Å². The Kier molecular flexibility index (Phi) is 2.28. The molecular weight excluding hydrogens is 164 g/mol. The predicted molar refractivity (Wildman–Crippen MR) is 51.2 cm³/mol. The molecule has 1 saturated heterocycles. The topological polar surface area (TPSA) is 32.3 Å². The average molecular weight is 182 g/mol. The molecule has 2 unspecified atom stereocenters. The Balaban J connectivity index is 2.04. The molecule has 13 heavy (non-hydrogen) atoms. The first-order chi connectivity index (χ1) is 6.24. The largest absolute Gasteiger partial charge is 0.323 e. The summed E-state index contributed by atoms with van der Waals surface area (Å²) in [6.45, 7) is 4.13. The Labute approximate surface area is 79.5 Å². The number of amides is 1. The van der Waals surface area contributed by atoms with Crippen LogP contribution in [-0.4, -0.2) is 29.1 Å². The first-order valence-corrected chi connectivity index (χ1v) is 5.32. The number of rotatable bonds is 3. The van der Waals surface area contributed by atoms with E-state index in [1.165, 1.54) is 12.8 Å². The lowest BCUT2D eigenvalue weighted by Gasteiger charge is -2.23. The van der Waals surface area contributed by atoms with Gasteiger partial charge >= 0.3 is 0 Å². The van der Waals surface area contributed by atoms with E-state index in [2.05, 4.69) is 17.1 Å². The number of nitrogens with one attached hydrogen (secondary N) is 1. The fourth-order valence-corrected chi connectivity index (χ4v) is 2.10. The molecular formula is C10H18N2O. The van der Waals surface area contributed by atoms with Crippen LogP contribution < -0.4 is 5.32 Å². The first-order valence-electron chi connectivity index (χ1n) is 5.32. The van der Waals surface area contributed by atoms with Gasteiger partial charge in [0.15, 0.2) is 0 Å². The zero-order chi connectivity index (χ0) is 9.42. The molecule has 3 nitrogen and oxygen atoms in total. The molecule has 2 fully saturated rings. The molecule has 2 rings (SSSR count). The second-order valence-corrected chi connectivity index (χ2v) is 4.17. The van der Waals surface area contributed by atoms with Gasteiger partial charge in [-0.3, -0.25) is 10.1 Å². The van der Waals surface area contributed by atoms with Gasteiger partial charge in [0.25, 0.3) is 0 Å². The summed E-state index contributed by atoms with van der Waals surface area (Å²) in [5.74, 6) is 0.306. The number of hydrogen-bond donors (Lipinski definition) is 1. The number of carbonyl (C=O) groups is 1. The molecule has 0 spiro atoms. The molecule has 2 aliphatic rings. The minimum Gasteiger partial charge on any atom is -0.323 e. The van der Waals surface area contributed by atoms with Crippen LogP contribution in [0.4, 0.5) is 0 Å². The van der Waals surface area contributed by atoms with E-state index >= 15 is 0 Å². The van der Waals surface area contributed by atoms with Crippen molar-refractivity contribution in [2.75, 3.05) is 0 Å². The number of nitrogens with zero attached hydrogens (tertiary/aromatic N) is 1. The van der Waals surface area contributed by atoms with Crippen molar-refractivity contribution in [2.24, 2.45) is 0 Å². The Bertz CT molecular complexity index is 213. The quantitative estimate of drug-likeness (QED) is 0.708. The smallest absolute Gasteiger partial charge is 0.240 e. The van der Waals surface area contributed by atoms with Crippen LogP contribution in [0.2, 0.25) is 0 Å². The standard InChI is InChI=1S/C10H18N2O/c1-3-4-9-11-7(2)10(13)12(9)8-5-6-8/h7-9,11H,3-6H2,1-2H3. The molecule has 1 saturated carbocycles. The molecule has 74 valence electrons. The van der Waals surface area contributed by atoms with Gasteiger partial charge in [0.1, 0.15) is 0 Å². The van der Waals surface area contributed by atoms with E-state index in [1.54, 1.807) is 0 Å². The Hall–Kier alpha value is -0.570. The van der Waals surface area contributed by atoms with Crippen molar-refractivity contribution in [2.45, 2.75) is 57.8 Å². The zero-order valence-corrected chi connectivity index (χ0v) is 8.42. The van der Waals surface area contributed by atoms with Crippen molar-refractivity contribution in [3.05, 3.63) is 0 Å². The van der Waals surface area contributed by atoms with Crippen LogP contribution in [0, 0.1) is 0 Å². The normalized spacial score (nSPS) is 34.3. The summed E-state index contributed by atoms with van der Waals surface area (Å²) in [6, 6.07) is 0.596. The van der Waals surface area contributed by atoms with Crippen LogP contribution in [-0.2, 0) is 4.79 Å². The van der Waals surface area contributed by atoms with E-state index in [-0.39, 0.29) is 6.04 Å². The van der Waals surface area contributed by atoms with Crippen LogP contribution in [0.25, 0.3) is 0 Å². The second-order valence-electron chi connectivity index (χ2n) is 4.17. The van der Waals surface area contributed by atoms with Gasteiger partial charge in [0.2, 0.25) is 5.91 Å². The van der Waals surface area contributed by atoms with Crippen LogP contribution >= 0.6 is 0 Å². The second kappa shape index (κ2) is 3.29. The molecule has 1 amide bonds. The number of hydrogen-bond acceptors (Lipinski definition) is 2. The van der Waals surface area contributed by atoms with Gasteiger partial charge < -0.3 is 4.90 Å². The summed E-state index contributed by atoms with van der Waals surface area (Å²) in [5.41, 5.74) is 0. The minimum atomic E-state index is 0.0390. The maximum absolute atomic E-state index is 11.7. The molecule has 0 bridgehead atoms. The third kappa shape index (κ3) is 1.57. The lowest BCUT2D eigenvalue weighted by Crippen LogP contribution is -2.38. The predicted octanol–water partition coefficient (Wildman–Crippen LogP) is 1.10. The highest BCUT2D eigenvalue weighted by molar-refractivity contribution is 5.84. The summed E-state index contributed by atoms with van der Waals surface area (Å²) in [4.78, 5) is 13.8. The molecule has 0 aromatic rings. The number of carbonyl (C=O) groups excluding carboxylic acids is 1. The monoisotopic (exact) mass is 182 g/mol. The maximum atomic E-state index is 11.7. The summed E-state index contributed by atoms with van der Waals surface area (Å²) in [7, 11) is 0. The van der Waals surface area contributed by atoms with Crippen molar-refractivity contribution in [3.8, 4) is 0 Å². The van der Waals surface area contributed by atoms with Crippen LogP contribution in [0.15, 0.2) is 0 Å². The van der Waals surface area contributed by atoms with Crippen molar-refractivity contribution in [3.63, 3.8) is 0 Å². The van der Waals surface area contributed by atoms with Crippen molar-refractivity contribution >= 4 is 5.91 Å². The summed E-state index contributed by atoms with van der Waals surface area (Å²) >= 11 is 0. The minimum absolute atomic E-state index is 0.0390. The van der Waals surface area contributed by atoms with E-state index in [1.807, 2.05) is 6.92 Å². The maximum Gasteiger partial charge on any atom is 0.240 e. The third-order valence-corrected chi connectivity index (χ3v) is 2.91. The highest BCUT2D eigenvalue weighted by Crippen LogP contribution is 2.32. The highest BCUT2D eigenvalue weighted by Gasteiger charge is 2.43. The van der Waals surface area contributed by atoms with Gasteiger partial charge in [-0.25, -0.2) is 0 Å². The Morgan fingerprint density at radius 1 is 1.54 bits per heavy atom. The SMILES string of the molecule is CCCC1NC(C)C(=O)N1C1CC1. The molecule has 0 aromatic carbocycles. The average Bonchev–Trinajstić information content (AvgIpc) is 2.85. The van der Waals surface area contributed by atoms with Gasteiger partial charge in [0, 0.05) is 6.04 Å².